The summed E-state index contributed by atoms with van der Waals surface area (Å²) in [5.41, 5.74) is 1.32. The smallest absolute Gasteiger partial charge is 0.0551 e. The summed E-state index contributed by atoms with van der Waals surface area (Å²) in [6.45, 7) is 0. The van der Waals surface area contributed by atoms with Crippen LogP contribution in [-0.2, 0) is 4.94 Å². The number of nitrogens with one attached hydrogen (secondary N) is 3. The molecule has 2 unspecified atom stereocenters. The maximum absolute atomic E-state index is 9.78. The van der Waals surface area contributed by atoms with Crippen LogP contribution in [0.3, 0.4) is 0 Å². The van der Waals surface area contributed by atoms with Crippen molar-refractivity contribution in [1.82, 2.24) is 5.53 Å². The maximum Gasteiger partial charge on any atom is 0.0551 e. The van der Waals surface area contributed by atoms with E-state index in [1.165, 1.54) is 5.53 Å². The highest BCUT2D eigenvalue weighted by molar-refractivity contribution is 3.83. The molecule has 50 valence electrons. The van der Waals surface area contributed by atoms with Crippen molar-refractivity contribution in [3.05, 3.63) is 10.4 Å². The summed E-state index contributed by atoms with van der Waals surface area (Å²) in [7, 11) is 0. The molecule has 0 rings (SSSR count). The lowest BCUT2D eigenvalue weighted by molar-refractivity contribution is -1.27. The minimum atomic E-state index is -1.50. The van der Waals surface area contributed by atoms with Gasteiger partial charge in [-0.1, -0.05) is 10.3 Å². The van der Waals surface area contributed by atoms with Gasteiger partial charge in [0.1, 0.15) is 0 Å². The Bertz CT molecular complexity index is 54.0. The molecule has 8 heteroatoms. The van der Waals surface area contributed by atoms with E-state index >= 15 is 0 Å². The summed E-state index contributed by atoms with van der Waals surface area (Å²) in [4.78, 5) is 3.43. The van der Waals surface area contributed by atoms with Crippen LogP contribution < -0.4 is 22.1 Å². The van der Waals surface area contributed by atoms with E-state index in [1.54, 1.807) is 0 Å². The summed E-state index contributed by atoms with van der Waals surface area (Å²) < 4.78 is 0. The maximum atomic E-state index is 9.78. The molecule has 0 bridgehead atoms. The summed E-state index contributed by atoms with van der Waals surface area (Å²) in [5.74, 6) is 4.24. The van der Waals surface area contributed by atoms with Crippen molar-refractivity contribution in [2.24, 2.45) is 5.90 Å². The molecule has 0 aliphatic carbocycles. The van der Waals surface area contributed by atoms with Gasteiger partial charge in [0.25, 0.3) is 0 Å². The summed E-state index contributed by atoms with van der Waals surface area (Å²) in [6, 6.07) is 0. The van der Waals surface area contributed by atoms with Gasteiger partial charge in [0.05, 0.1) is 5.53 Å². The van der Waals surface area contributed by atoms with Gasteiger partial charge in [0.15, 0.2) is 0 Å². The van der Waals surface area contributed by atoms with Crippen molar-refractivity contribution in [3.63, 3.8) is 0 Å². The molecule has 0 saturated carbocycles. The zero-order valence-corrected chi connectivity index (χ0v) is 3.75. The lowest BCUT2D eigenvalue weighted by atomic mass is 12.3. The monoisotopic (exact) mass is 126 g/mol. The molecule has 8 heavy (non-hydrogen) atoms. The van der Waals surface area contributed by atoms with Crippen LogP contribution in [0, 0.1) is 10.4 Å². The molecule has 0 saturated heterocycles. The molecule has 0 amide bonds. The molecular weight excluding hydrogens is 120 g/mol. The van der Waals surface area contributed by atoms with Crippen molar-refractivity contribution in [2.45, 2.75) is 0 Å². The molecule has 0 aromatic rings. The third kappa shape index (κ3) is 3.86. The van der Waals surface area contributed by atoms with Crippen LogP contribution in [0.2, 0.25) is 0 Å². The fourth-order valence-corrected chi connectivity index (χ4v) is 0.117. The van der Waals surface area contributed by atoms with E-state index in [-0.39, 0.29) is 0 Å². The Morgan fingerprint density at radius 3 is 2.25 bits per heavy atom. The molecule has 2 atom stereocenters. The van der Waals surface area contributed by atoms with E-state index in [0.29, 0.717) is 0 Å². The van der Waals surface area contributed by atoms with Gasteiger partial charge in [-0.25, -0.2) is 0 Å². The van der Waals surface area contributed by atoms with Gasteiger partial charge in [-0.15, -0.1) is 5.34 Å². The fourth-order valence-electron chi connectivity index (χ4n) is 0.117. The van der Waals surface area contributed by atoms with Gasteiger partial charge >= 0.3 is 0 Å². The van der Waals surface area contributed by atoms with Crippen LogP contribution in [0.5, 0.6) is 0 Å². The lowest BCUT2D eigenvalue weighted by Crippen LogP contribution is -3.34. The van der Waals surface area contributed by atoms with Gasteiger partial charge in [-0.3, -0.25) is 0 Å². The second-order valence-electron chi connectivity index (χ2n) is 0.835. The molecule has 0 radical (unpaired) electrons. The van der Waals surface area contributed by atoms with Gasteiger partial charge in [0.2, 0.25) is 0 Å². The second-order valence-corrected chi connectivity index (χ2v) is 0.835. The minimum Gasteiger partial charge on any atom is -0.576 e. The molecule has 0 fully saturated rings. The Morgan fingerprint density at radius 1 is 1.62 bits per heavy atom. The average Bonchev–Trinajstić information content (AvgIpc) is 1.65. The Balaban J connectivity index is 3.10. The number of quaternary nitrogens is 2. The molecular formula is H6N4O4. The molecule has 0 aliphatic rings. The largest absolute Gasteiger partial charge is 0.576 e. The fraction of sp³-hybridized carbons (Fsp3) is 0. The first-order valence-electron chi connectivity index (χ1n) is 1.57. The van der Waals surface area contributed by atoms with E-state index in [0.717, 1.165) is 0 Å². The zero-order valence-electron chi connectivity index (χ0n) is 3.75. The Labute approximate surface area is 44.0 Å². The summed E-state index contributed by atoms with van der Waals surface area (Å²) in [6.07, 6.45) is 0. The van der Waals surface area contributed by atoms with Crippen molar-refractivity contribution in [2.75, 3.05) is 0 Å². The van der Waals surface area contributed by atoms with Gasteiger partial charge in [0, 0.05) is 0 Å². The highest BCUT2D eigenvalue weighted by Gasteiger charge is 1.94. The molecule has 0 aromatic carbocycles. The Hall–Kier alpha value is -0.320. The first kappa shape index (κ1) is 7.68. The molecule has 0 heterocycles. The number of hydrogen-bond acceptors (Lipinski definition) is 6. The lowest BCUT2D eigenvalue weighted by Gasteiger charge is -2.18. The van der Waals surface area contributed by atoms with Crippen molar-refractivity contribution >= 4 is 0 Å². The van der Waals surface area contributed by atoms with Crippen molar-refractivity contribution in [3.8, 4) is 0 Å². The molecule has 0 aliphatic heterocycles. The average molecular weight is 126 g/mol. The van der Waals surface area contributed by atoms with Crippen LogP contribution >= 0.6 is 0 Å². The number of nitrogens with two attached hydrogens (primary N) is 1. The topological polar surface area (TPSA) is 123 Å². The van der Waals surface area contributed by atoms with Crippen LogP contribution in [0.1, 0.15) is 0 Å². The van der Waals surface area contributed by atoms with Crippen LogP contribution in [0.15, 0.2) is 0 Å². The Morgan fingerprint density at radius 2 is 2.12 bits per heavy atom. The Kier molecular flexibility index (Phi) is 3.51. The third-order valence-corrected chi connectivity index (χ3v) is 0.316. The van der Waals surface area contributed by atoms with Gasteiger partial charge in [-0.05, 0) is 0 Å². The van der Waals surface area contributed by atoms with Crippen LogP contribution in [0.4, 0.5) is 0 Å². The van der Waals surface area contributed by atoms with Crippen LogP contribution in [0.25, 0.3) is 0 Å². The van der Waals surface area contributed by atoms with E-state index in [2.05, 4.69) is 10.8 Å². The quantitative estimate of drug-likeness (QED) is 0.242. The third-order valence-electron chi connectivity index (χ3n) is 0.316. The predicted molar refractivity (Wildman–Crippen MR) is 18.9 cm³/mol. The first-order chi connectivity index (χ1) is 3.66. The standard InChI is InChI=1S/H6N4O4/c1-8-4(7)2-3(5)6/h2-5H,1H2. The first-order valence-corrected chi connectivity index (χ1v) is 1.57. The molecule has 0 aromatic heterocycles. The number of rotatable bonds is 3. The summed E-state index contributed by atoms with van der Waals surface area (Å²) >= 11 is 0. The highest BCUT2D eigenvalue weighted by atomic mass is 17.0. The molecule has 0 spiro atoms. The minimum absolute atomic E-state index is 1.20. The van der Waals surface area contributed by atoms with E-state index < -0.39 is 10.7 Å². The second kappa shape index (κ2) is 3.65. The highest BCUT2D eigenvalue weighted by Crippen LogP contribution is 1.15. The van der Waals surface area contributed by atoms with Gasteiger partial charge < -0.3 is 10.4 Å². The van der Waals surface area contributed by atoms with E-state index in [1.807, 2.05) is 0 Å². The SMILES string of the molecule is NO[NH+]([O-])N[NH+]([O-])O. The van der Waals surface area contributed by atoms with Crippen molar-refractivity contribution in [1.29, 1.82) is 0 Å². The normalized spacial score (nSPS) is 18.0. The van der Waals surface area contributed by atoms with E-state index in [4.69, 9.17) is 5.21 Å². The van der Waals surface area contributed by atoms with Crippen molar-refractivity contribution < 1.29 is 20.8 Å². The predicted octanol–water partition coefficient (Wildman–Crippen LogP) is -4.63. The summed E-state index contributed by atoms with van der Waals surface area (Å²) in [5, 5.41) is 24.3. The number of hydrogen-bond donors (Lipinski definition) is 5. The van der Waals surface area contributed by atoms with Gasteiger partial charge in [-0.2, -0.15) is 11.1 Å². The van der Waals surface area contributed by atoms with E-state index in [9.17, 15) is 10.4 Å². The zero-order chi connectivity index (χ0) is 6.57. The van der Waals surface area contributed by atoms with Crippen LogP contribution in [-0.4, -0.2) is 5.21 Å². The molecule has 6 N–H and O–H groups in total. The molecule has 8 nitrogen and oxygen atoms in total.